The third-order valence-electron chi connectivity index (χ3n) is 10.2. The molecule has 1 spiro atoms. The number of rotatable bonds is 13. The van der Waals surface area contributed by atoms with Crippen LogP contribution in [0.5, 0.6) is 5.75 Å². The van der Waals surface area contributed by atoms with Gasteiger partial charge in [0.1, 0.15) is 16.7 Å². The number of halogens is 1. The molecular weight excluding hydrogens is 622 g/mol. The SMILES string of the molecule is CCCCC(C(=O)NCCOC)C1CCC1CN1CC2(CCCc3cc(Cl)ccc32)COc2ccc(C(=O)NS(=O)C(C)C)cc21. The number of anilines is 1. The first-order valence-electron chi connectivity index (χ1n) is 16.9. The molecule has 2 amide bonds. The first kappa shape index (κ1) is 34.7. The molecule has 1 fully saturated rings. The van der Waals surface area contributed by atoms with E-state index in [-0.39, 0.29) is 34.3 Å². The number of benzene rings is 2. The minimum Gasteiger partial charge on any atom is -0.490 e. The molecule has 3 aliphatic rings. The number of hydrogen-bond donors (Lipinski definition) is 2. The van der Waals surface area contributed by atoms with Crippen LogP contribution in [-0.4, -0.2) is 61.2 Å². The van der Waals surface area contributed by atoms with E-state index in [0.29, 0.717) is 31.2 Å². The Morgan fingerprint density at radius 1 is 1.20 bits per heavy atom. The first-order valence-corrected chi connectivity index (χ1v) is 18.5. The Balaban J connectivity index is 1.47. The highest BCUT2D eigenvalue weighted by molar-refractivity contribution is 7.84. The molecule has 5 unspecified atom stereocenters. The molecule has 0 saturated heterocycles. The third-order valence-corrected chi connectivity index (χ3v) is 11.7. The van der Waals surface area contributed by atoms with Crippen molar-refractivity contribution in [3.05, 3.63) is 58.1 Å². The van der Waals surface area contributed by atoms with Gasteiger partial charge in [-0.05, 0) is 106 Å². The molecule has 2 N–H and O–H groups in total. The number of carbonyl (C=O) groups excluding carboxylic acids is 2. The average molecular weight is 672 g/mol. The first-order chi connectivity index (χ1) is 22.2. The molecule has 0 aromatic heterocycles. The second kappa shape index (κ2) is 15.5. The van der Waals surface area contributed by atoms with Crippen LogP contribution in [0.25, 0.3) is 0 Å². The van der Waals surface area contributed by atoms with Gasteiger partial charge in [0.2, 0.25) is 5.91 Å². The number of unbranched alkanes of at least 4 members (excludes halogenated alkanes) is 1. The molecular formula is C36H50ClN3O5S. The van der Waals surface area contributed by atoms with Gasteiger partial charge in [-0.2, -0.15) is 0 Å². The maximum atomic E-state index is 13.4. The summed E-state index contributed by atoms with van der Waals surface area (Å²) in [6, 6.07) is 11.8. The second-order valence-corrected chi connectivity index (χ2v) is 15.8. The molecule has 2 aromatic rings. The highest BCUT2D eigenvalue weighted by Gasteiger charge is 2.45. The van der Waals surface area contributed by atoms with E-state index >= 15 is 0 Å². The van der Waals surface area contributed by atoms with Crippen molar-refractivity contribution in [3.8, 4) is 5.75 Å². The van der Waals surface area contributed by atoms with Crippen LogP contribution in [0.1, 0.15) is 87.2 Å². The molecule has 5 atom stereocenters. The van der Waals surface area contributed by atoms with Crippen molar-refractivity contribution in [1.29, 1.82) is 0 Å². The standard InChI is InChI=1S/C36H50ClN3O5S/c1-5-6-9-30(35(42)38-17-18-44-4)29-13-10-27(29)21-40-22-36(16-7-8-25-19-28(37)12-14-31(25)36)23-45-33-15-11-26(20-32(33)40)34(41)39-46(43)24(2)3/h11-12,14-15,19-20,24,27,29-30H,5-10,13,16-18,21-23H2,1-4H3,(H,38,42)(H,39,41). The quantitative estimate of drug-likeness (QED) is 0.246. The third kappa shape index (κ3) is 7.74. The second-order valence-electron chi connectivity index (χ2n) is 13.6. The van der Waals surface area contributed by atoms with E-state index in [1.54, 1.807) is 13.2 Å². The van der Waals surface area contributed by atoms with Crippen molar-refractivity contribution < 1.29 is 23.3 Å². The average Bonchev–Trinajstić information content (AvgIpc) is 3.17. The van der Waals surface area contributed by atoms with E-state index in [0.717, 1.165) is 80.9 Å². The minimum atomic E-state index is -1.48. The number of ether oxygens (including phenoxy) is 2. The number of aryl methyl sites for hydroxylation is 1. The molecule has 2 aromatic carbocycles. The Labute approximate surface area is 281 Å². The van der Waals surface area contributed by atoms with Crippen LogP contribution in [-0.2, 0) is 32.4 Å². The Kier molecular flexibility index (Phi) is 11.7. The zero-order valence-corrected chi connectivity index (χ0v) is 29.3. The monoisotopic (exact) mass is 671 g/mol. The van der Waals surface area contributed by atoms with E-state index in [9.17, 15) is 13.8 Å². The molecule has 5 rings (SSSR count). The fraction of sp³-hybridized carbons (Fsp3) is 0.611. The van der Waals surface area contributed by atoms with Crippen LogP contribution in [0.3, 0.4) is 0 Å². The molecule has 1 saturated carbocycles. The molecule has 2 aliphatic carbocycles. The van der Waals surface area contributed by atoms with E-state index < -0.39 is 11.0 Å². The van der Waals surface area contributed by atoms with Crippen LogP contribution in [0, 0.1) is 17.8 Å². The summed E-state index contributed by atoms with van der Waals surface area (Å²) in [5.41, 5.74) is 3.66. The Morgan fingerprint density at radius 3 is 2.74 bits per heavy atom. The number of nitrogens with one attached hydrogen (secondary N) is 2. The van der Waals surface area contributed by atoms with Gasteiger partial charge in [-0.25, -0.2) is 4.21 Å². The van der Waals surface area contributed by atoms with Crippen LogP contribution >= 0.6 is 11.6 Å². The van der Waals surface area contributed by atoms with Crippen LogP contribution in [0.4, 0.5) is 5.69 Å². The van der Waals surface area contributed by atoms with Gasteiger partial charge in [-0.1, -0.05) is 37.4 Å². The predicted octanol–water partition coefficient (Wildman–Crippen LogP) is 6.21. The van der Waals surface area contributed by atoms with E-state index in [2.05, 4.69) is 34.0 Å². The largest absolute Gasteiger partial charge is 0.490 e. The van der Waals surface area contributed by atoms with E-state index in [1.807, 2.05) is 32.0 Å². The molecule has 46 heavy (non-hydrogen) atoms. The summed E-state index contributed by atoms with van der Waals surface area (Å²) >= 11 is 6.44. The van der Waals surface area contributed by atoms with Gasteiger partial charge >= 0.3 is 0 Å². The molecule has 10 heteroatoms. The molecule has 1 heterocycles. The van der Waals surface area contributed by atoms with Crippen LogP contribution < -0.4 is 19.7 Å². The molecule has 0 radical (unpaired) electrons. The number of fused-ring (bicyclic) bond motifs is 3. The maximum Gasteiger partial charge on any atom is 0.263 e. The summed E-state index contributed by atoms with van der Waals surface area (Å²) in [6.07, 6.45) is 8.06. The summed E-state index contributed by atoms with van der Waals surface area (Å²) in [5.74, 6) is 1.10. The fourth-order valence-electron chi connectivity index (χ4n) is 7.53. The number of methoxy groups -OCH3 is 1. The fourth-order valence-corrected chi connectivity index (χ4v) is 8.26. The predicted molar refractivity (Wildman–Crippen MR) is 185 cm³/mol. The lowest BCUT2D eigenvalue weighted by Crippen LogP contribution is -2.50. The van der Waals surface area contributed by atoms with Crippen molar-refractivity contribution >= 4 is 40.1 Å². The van der Waals surface area contributed by atoms with Gasteiger partial charge in [0.15, 0.2) is 0 Å². The summed E-state index contributed by atoms with van der Waals surface area (Å²) < 4.78 is 26.9. The lowest BCUT2D eigenvalue weighted by atomic mass is 9.65. The Morgan fingerprint density at radius 2 is 2.02 bits per heavy atom. The van der Waals surface area contributed by atoms with Gasteiger partial charge in [-0.15, -0.1) is 0 Å². The van der Waals surface area contributed by atoms with Crippen molar-refractivity contribution in [3.63, 3.8) is 0 Å². The molecule has 1 aliphatic heterocycles. The highest BCUT2D eigenvalue weighted by Crippen LogP contribution is 2.47. The number of hydrogen-bond acceptors (Lipinski definition) is 6. The number of amides is 2. The van der Waals surface area contributed by atoms with Gasteiger partial charge in [0.05, 0.1) is 18.9 Å². The van der Waals surface area contributed by atoms with Crippen molar-refractivity contribution in [2.75, 3.05) is 44.9 Å². The lowest BCUT2D eigenvalue weighted by molar-refractivity contribution is -0.129. The van der Waals surface area contributed by atoms with Gasteiger partial charge < -0.3 is 19.7 Å². The summed E-state index contributed by atoms with van der Waals surface area (Å²) in [5, 5.41) is 3.68. The highest BCUT2D eigenvalue weighted by atomic mass is 35.5. The van der Waals surface area contributed by atoms with Crippen molar-refractivity contribution in [2.45, 2.75) is 82.8 Å². The van der Waals surface area contributed by atoms with Gasteiger partial charge in [0.25, 0.3) is 5.91 Å². The summed E-state index contributed by atoms with van der Waals surface area (Å²) in [6.45, 7) is 8.86. The number of nitrogens with zero attached hydrogens (tertiary/aromatic N) is 1. The summed E-state index contributed by atoms with van der Waals surface area (Å²) in [7, 11) is 0.174. The smallest absolute Gasteiger partial charge is 0.263 e. The summed E-state index contributed by atoms with van der Waals surface area (Å²) in [4.78, 5) is 29.1. The van der Waals surface area contributed by atoms with Crippen LogP contribution in [0.15, 0.2) is 36.4 Å². The topological polar surface area (TPSA) is 97.0 Å². The number of carbonyl (C=O) groups is 2. The van der Waals surface area contributed by atoms with Gasteiger partial charge in [-0.3, -0.25) is 14.3 Å². The zero-order valence-electron chi connectivity index (χ0n) is 27.7. The van der Waals surface area contributed by atoms with Crippen molar-refractivity contribution in [2.24, 2.45) is 17.8 Å². The van der Waals surface area contributed by atoms with E-state index in [1.165, 1.54) is 11.1 Å². The molecule has 8 nitrogen and oxygen atoms in total. The van der Waals surface area contributed by atoms with Crippen LogP contribution in [0.2, 0.25) is 5.02 Å². The minimum absolute atomic E-state index is 0.0344. The van der Waals surface area contributed by atoms with Gasteiger partial charge in [0, 0.05) is 53.9 Å². The van der Waals surface area contributed by atoms with Crippen molar-refractivity contribution in [1.82, 2.24) is 10.0 Å². The molecule has 252 valence electrons. The van der Waals surface area contributed by atoms with E-state index in [4.69, 9.17) is 21.1 Å². The maximum absolute atomic E-state index is 13.4. The Hall–Kier alpha value is -2.62. The normalized spacial score (nSPS) is 23.4. The zero-order chi connectivity index (χ0) is 32.8. The Bertz CT molecular complexity index is 1420. The molecule has 0 bridgehead atoms. The lowest BCUT2D eigenvalue weighted by Gasteiger charge is -2.46.